The second-order valence-corrected chi connectivity index (χ2v) is 5.27. The zero-order valence-electron chi connectivity index (χ0n) is 11.8. The zero-order chi connectivity index (χ0) is 14.6. The molecule has 0 fully saturated rings. The summed E-state index contributed by atoms with van der Waals surface area (Å²) in [6, 6.07) is 1.72. The molecule has 0 spiro atoms. The first-order chi connectivity index (χ1) is 8.74. The Balaban J connectivity index is 3.22. The first-order valence-electron chi connectivity index (χ1n) is 5.98. The maximum Gasteiger partial charge on any atom is 0.418 e. The van der Waals surface area contributed by atoms with Crippen molar-refractivity contribution in [2.75, 3.05) is 0 Å². The topological polar surface area (TPSA) is 48.3 Å². The van der Waals surface area contributed by atoms with E-state index in [4.69, 9.17) is 4.74 Å². The zero-order valence-corrected chi connectivity index (χ0v) is 11.8. The molecule has 4 heteroatoms. The highest BCUT2D eigenvalue weighted by Crippen LogP contribution is 2.07. The molecule has 4 nitrogen and oxygen atoms in total. The molecule has 1 aromatic rings. The van der Waals surface area contributed by atoms with Crippen LogP contribution in [-0.2, 0) is 9.53 Å². The standard InChI is InChI=1S/C15H19NO3/c1-11(10-17)6-7-13-12(2)8-9-16(13)14(18)19-15(3,4)5/h6-10H,2H2,1,3-5H3/b11-6+,13-7+. The maximum absolute atomic E-state index is 12.0. The molecule has 19 heavy (non-hydrogen) atoms. The molecule has 0 aliphatic carbocycles. The summed E-state index contributed by atoms with van der Waals surface area (Å²) in [6.07, 6.45) is 5.20. The third kappa shape index (κ3) is 4.25. The molecule has 0 aliphatic rings. The Morgan fingerprint density at radius 3 is 2.58 bits per heavy atom. The Morgan fingerprint density at radius 1 is 1.42 bits per heavy atom. The average molecular weight is 261 g/mol. The molecule has 0 aromatic carbocycles. The van der Waals surface area contributed by atoms with E-state index in [1.54, 1.807) is 52.1 Å². The lowest BCUT2D eigenvalue weighted by Gasteiger charge is -2.19. The van der Waals surface area contributed by atoms with Gasteiger partial charge in [-0.2, -0.15) is 0 Å². The highest BCUT2D eigenvalue weighted by atomic mass is 16.6. The summed E-state index contributed by atoms with van der Waals surface area (Å²) < 4.78 is 6.67. The van der Waals surface area contributed by atoms with E-state index in [0.29, 0.717) is 16.1 Å². The first kappa shape index (κ1) is 15.0. The highest BCUT2D eigenvalue weighted by molar-refractivity contribution is 5.75. The van der Waals surface area contributed by atoms with E-state index in [-0.39, 0.29) is 0 Å². The van der Waals surface area contributed by atoms with Crippen LogP contribution in [0.1, 0.15) is 27.7 Å². The van der Waals surface area contributed by atoms with Gasteiger partial charge < -0.3 is 4.74 Å². The van der Waals surface area contributed by atoms with Gasteiger partial charge in [-0.25, -0.2) is 4.79 Å². The van der Waals surface area contributed by atoms with Crippen LogP contribution in [0.5, 0.6) is 0 Å². The van der Waals surface area contributed by atoms with Gasteiger partial charge >= 0.3 is 6.09 Å². The fourth-order valence-corrected chi connectivity index (χ4v) is 1.39. The van der Waals surface area contributed by atoms with E-state index in [2.05, 4.69) is 6.58 Å². The lowest BCUT2D eigenvalue weighted by atomic mass is 10.2. The molecular weight excluding hydrogens is 242 g/mol. The lowest BCUT2D eigenvalue weighted by molar-refractivity contribution is -0.104. The van der Waals surface area contributed by atoms with Gasteiger partial charge in [-0.05, 0) is 50.6 Å². The van der Waals surface area contributed by atoms with Crippen LogP contribution in [0.4, 0.5) is 4.79 Å². The molecule has 0 N–H and O–H groups in total. The number of carbonyl (C=O) groups is 2. The van der Waals surface area contributed by atoms with Crippen molar-refractivity contribution in [1.29, 1.82) is 0 Å². The van der Waals surface area contributed by atoms with Crippen molar-refractivity contribution in [3.63, 3.8) is 0 Å². The molecule has 0 saturated heterocycles. The van der Waals surface area contributed by atoms with Crippen molar-refractivity contribution in [2.24, 2.45) is 0 Å². The van der Waals surface area contributed by atoms with Crippen LogP contribution in [0.3, 0.4) is 0 Å². The monoisotopic (exact) mass is 261 g/mol. The average Bonchev–Trinajstić information content (AvgIpc) is 2.65. The molecule has 1 rings (SSSR count). The number of rotatable bonds is 2. The van der Waals surface area contributed by atoms with Gasteiger partial charge in [-0.3, -0.25) is 9.36 Å². The minimum Gasteiger partial charge on any atom is -0.443 e. The van der Waals surface area contributed by atoms with Crippen molar-refractivity contribution in [3.8, 4) is 0 Å². The van der Waals surface area contributed by atoms with Gasteiger partial charge in [0.2, 0.25) is 0 Å². The number of ether oxygens (including phenoxy) is 1. The third-order valence-electron chi connectivity index (χ3n) is 2.29. The highest BCUT2D eigenvalue weighted by Gasteiger charge is 2.17. The van der Waals surface area contributed by atoms with Crippen molar-refractivity contribution in [2.45, 2.75) is 33.3 Å². The minimum atomic E-state index is -0.561. The van der Waals surface area contributed by atoms with Crippen molar-refractivity contribution >= 4 is 25.0 Å². The molecule has 102 valence electrons. The van der Waals surface area contributed by atoms with E-state index in [9.17, 15) is 9.59 Å². The smallest absolute Gasteiger partial charge is 0.418 e. The molecule has 1 heterocycles. The second-order valence-electron chi connectivity index (χ2n) is 5.27. The van der Waals surface area contributed by atoms with Crippen LogP contribution in [0, 0.1) is 0 Å². The predicted molar refractivity (Wildman–Crippen MR) is 75.1 cm³/mol. The molecule has 0 atom stereocenters. The first-order valence-corrected chi connectivity index (χ1v) is 5.98. The minimum absolute atomic E-state index is 0.467. The van der Waals surface area contributed by atoms with Crippen LogP contribution in [0.2, 0.25) is 0 Å². The summed E-state index contributed by atoms with van der Waals surface area (Å²) >= 11 is 0. The lowest BCUT2D eigenvalue weighted by Crippen LogP contribution is -2.36. The van der Waals surface area contributed by atoms with E-state index in [0.717, 1.165) is 6.29 Å². The number of aldehydes is 1. The number of nitrogens with zero attached hydrogens (tertiary/aromatic N) is 1. The summed E-state index contributed by atoms with van der Waals surface area (Å²) in [5.74, 6) is 0. The SMILES string of the molecule is C=c1ccn(C(=O)OC(C)(C)C)/c1=C/C=C(\C)C=O. The summed E-state index contributed by atoms with van der Waals surface area (Å²) in [6.45, 7) is 10.9. The quantitative estimate of drug-likeness (QED) is 0.600. The van der Waals surface area contributed by atoms with Gasteiger partial charge in [0.1, 0.15) is 11.9 Å². The predicted octanol–water partition coefficient (Wildman–Crippen LogP) is 1.61. The molecule has 0 saturated carbocycles. The van der Waals surface area contributed by atoms with E-state index in [1.165, 1.54) is 4.57 Å². The number of aromatic nitrogens is 1. The Labute approximate surface area is 112 Å². The molecule has 0 bridgehead atoms. The Kier molecular flexibility index (Phi) is 4.48. The molecule has 1 aromatic heterocycles. The Hall–Kier alpha value is -2.10. The van der Waals surface area contributed by atoms with E-state index >= 15 is 0 Å². The number of allylic oxidation sites excluding steroid dienone is 2. The van der Waals surface area contributed by atoms with Gasteiger partial charge in [-0.1, -0.05) is 12.7 Å². The number of hydrogen-bond acceptors (Lipinski definition) is 3. The van der Waals surface area contributed by atoms with Gasteiger partial charge in [0, 0.05) is 6.20 Å². The van der Waals surface area contributed by atoms with Crippen LogP contribution < -0.4 is 10.6 Å². The van der Waals surface area contributed by atoms with Crippen molar-refractivity contribution in [1.82, 2.24) is 4.57 Å². The second kappa shape index (κ2) is 5.69. The van der Waals surface area contributed by atoms with Gasteiger partial charge in [0.05, 0.1) is 5.35 Å². The molecule has 0 aliphatic heterocycles. The fraction of sp³-hybridized carbons (Fsp3) is 0.333. The van der Waals surface area contributed by atoms with E-state index < -0.39 is 11.7 Å². The summed E-state index contributed by atoms with van der Waals surface area (Å²) in [4.78, 5) is 22.6. The summed E-state index contributed by atoms with van der Waals surface area (Å²) in [5.41, 5.74) is 0.00505. The third-order valence-corrected chi connectivity index (χ3v) is 2.29. The maximum atomic E-state index is 12.0. The summed E-state index contributed by atoms with van der Waals surface area (Å²) in [5, 5.41) is 1.30. The molecule has 0 amide bonds. The number of carbonyl (C=O) groups excluding carboxylic acids is 2. The Morgan fingerprint density at radius 2 is 2.05 bits per heavy atom. The van der Waals surface area contributed by atoms with Crippen LogP contribution in [0.25, 0.3) is 12.7 Å². The van der Waals surface area contributed by atoms with Crippen molar-refractivity contribution < 1.29 is 14.3 Å². The molecular formula is C15H19NO3. The fourth-order valence-electron chi connectivity index (χ4n) is 1.39. The summed E-state index contributed by atoms with van der Waals surface area (Å²) in [7, 11) is 0. The molecule has 0 unspecified atom stereocenters. The van der Waals surface area contributed by atoms with Crippen molar-refractivity contribution in [3.05, 3.63) is 34.5 Å². The normalized spacial score (nSPS) is 13.5. The van der Waals surface area contributed by atoms with Crippen LogP contribution >= 0.6 is 0 Å². The van der Waals surface area contributed by atoms with Gasteiger partial charge in [-0.15, -0.1) is 0 Å². The van der Waals surface area contributed by atoms with E-state index in [1.807, 2.05) is 0 Å². The molecule has 0 radical (unpaired) electrons. The number of hydrogen-bond donors (Lipinski definition) is 0. The van der Waals surface area contributed by atoms with Crippen LogP contribution in [0.15, 0.2) is 23.9 Å². The Bertz CT molecular complexity index is 615. The largest absolute Gasteiger partial charge is 0.443 e. The van der Waals surface area contributed by atoms with Crippen LogP contribution in [-0.4, -0.2) is 22.5 Å². The van der Waals surface area contributed by atoms with Gasteiger partial charge in [0.25, 0.3) is 0 Å². The van der Waals surface area contributed by atoms with Gasteiger partial charge in [0.15, 0.2) is 0 Å².